The van der Waals surface area contributed by atoms with E-state index in [1.165, 1.54) is 0 Å². The summed E-state index contributed by atoms with van der Waals surface area (Å²) in [4.78, 5) is 16.9. The molecular formula is C37H42ClIN4O4. The number of hydrazone groups is 1. The van der Waals surface area contributed by atoms with Gasteiger partial charge in [0.2, 0.25) is 0 Å². The fraction of sp³-hybridized carbons (Fsp3) is 0.351. The van der Waals surface area contributed by atoms with E-state index < -0.39 is 5.60 Å². The second-order valence-electron chi connectivity index (χ2n) is 11.8. The zero-order valence-electron chi connectivity index (χ0n) is 27.2. The van der Waals surface area contributed by atoms with Crippen molar-refractivity contribution in [1.29, 1.82) is 0 Å². The fourth-order valence-electron chi connectivity index (χ4n) is 6.72. The number of halogens is 2. The van der Waals surface area contributed by atoms with Crippen LogP contribution in [-0.4, -0.2) is 53.2 Å². The normalized spacial score (nSPS) is 20.4. The molecule has 2 aliphatic rings. The number of hydrogen-bond acceptors (Lipinski definition) is 8. The number of carbonyl (C=O) groups is 1. The number of allylic oxidation sites excluding steroid dienone is 1. The minimum Gasteiger partial charge on any atom is -0.497 e. The van der Waals surface area contributed by atoms with Crippen LogP contribution in [0.5, 0.6) is 5.75 Å². The molecular weight excluding hydrogens is 727 g/mol. The van der Waals surface area contributed by atoms with Gasteiger partial charge >= 0.3 is 5.97 Å². The molecule has 0 fully saturated rings. The van der Waals surface area contributed by atoms with Crippen molar-refractivity contribution in [2.24, 2.45) is 11.0 Å². The van der Waals surface area contributed by atoms with Crippen molar-refractivity contribution >= 4 is 51.7 Å². The molecule has 0 spiro atoms. The first kappa shape index (κ1) is 34.8. The van der Waals surface area contributed by atoms with Crippen molar-refractivity contribution in [3.8, 4) is 5.75 Å². The molecule has 10 heteroatoms. The average Bonchev–Trinajstić information content (AvgIpc) is 3.33. The lowest BCUT2D eigenvalue weighted by atomic mass is 9.75. The molecule has 2 N–H and O–H groups in total. The summed E-state index contributed by atoms with van der Waals surface area (Å²) < 4.78 is 10.9. The minimum absolute atomic E-state index is 0.00450. The van der Waals surface area contributed by atoms with Crippen LogP contribution in [-0.2, 0) is 15.1 Å². The molecule has 3 aromatic rings. The van der Waals surface area contributed by atoms with E-state index in [1.807, 2.05) is 84.4 Å². The van der Waals surface area contributed by atoms with Crippen molar-refractivity contribution < 1.29 is 19.4 Å². The van der Waals surface area contributed by atoms with Crippen molar-refractivity contribution in [1.82, 2.24) is 10.3 Å². The van der Waals surface area contributed by atoms with Gasteiger partial charge < -0.3 is 24.4 Å². The van der Waals surface area contributed by atoms with E-state index in [1.54, 1.807) is 20.2 Å². The molecule has 0 aliphatic carbocycles. The van der Waals surface area contributed by atoms with E-state index in [0.717, 1.165) is 29.1 Å². The lowest BCUT2D eigenvalue weighted by molar-refractivity contribution is -0.141. The first-order chi connectivity index (χ1) is 22.6. The molecule has 0 saturated carbocycles. The smallest absolute Gasteiger partial charge is 0.326 e. The molecule has 5 rings (SSSR count). The number of carbonyl (C=O) groups excluding carboxylic acids is 1. The van der Waals surface area contributed by atoms with Crippen LogP contribution in [0.2, 0.25) is 5.02 Å². The third kappa shape index (κ3) is 7.17. The summed E-state index contributed by atoms with van der Waals surface area (Å²) in [6, 6.07) is 21.5. The number of likely N-dealkylation sites (N-methyl/N-ethyl adjacent to an activating group) is 1. The summed E-state index contributed by atoms with van der Waals surface area (Å²) in [5.41, 5.74) is 6.62. The highest BCUT2D eigenvalue weighted by molar-refractivity contribution is 14.1. The molecule has 0 radical (unpaired) electrons. The number of fused-ring (bicyclic) bond motifs is 3. The van der Waals surface area contributed by atoms with Gasteiger partial charge in [-0.2, -0.15) is 5.10 Å². The number of aliphatic hydroxyl groups is 1. The van der Waals surface area contributed by atoms with Gasteiger partial charge in [0, 0.05) is 30.1 Å². The summed E-state index contributed by atoms with van der Waals surface area (Å²) in [6.45, 7) is 8.15. The number of nitrogens with zero attached hydrogens (tertiary/aromatic N) is 3. The SMILES string of the molecule is C=CN(C)/C(=C\CC)C(O)(c1ccc(OC)cc1)c1ccc2c(c1)C(c1cccc(Cl)c1)C1CC(=NN[C@H](I)C1)N2CC(=O)OCC. The lowest BCUT2D eigenvalue weighted by Crippen LogP contribution is -2.38. The first-order valence-corrected chi connectivity index (χ1v) is 17.5. The molecule has 8 nitrogen and oxygen atoms in total. The number of rotatable bonds is 11. The van der Waals surface area contributed by atoms with Crippen molar-refractivity contribution in [3.05, 3.63) is 119 Å². The molecule has 2 bridgehead atoms. The highest BCUT2D eigenvalue weighted by Crippen LogP contribution is 2.49. The Kier molecular flexibility index (Phi) is 11.2. The van der Waals surface area contributed by atoms with E-state index in [0.29, 0.717) is 40.4 Å². The molecule has 2 aliphatic heterocycles. The molecule has 248 valence electrons. The van der Waals surface area contributed by atoms with Crippen molar-refractivity contribution in [3.63, 3.8) is 0 Å². The van der Waals surface area contributed by atoms with Gasteiger partial charge in [-0.3, -0.25) is 10.2 Å². The summed E-state index contributed by atoms with van der Waals surface area (Å²) in [7, 11) is 3.51. The summed E-state index contributed by atoms with van der Waals surface area (Å²) in [5, 5.41) is 18.6. The number of amidine groups is 1. The third-order valence-corrected chi connectivity index (χ3v) is 9.89. The van der Waals surface area contributed by atoms with Gasteiger partial charge in [0.25, 0.3) is 0 Å². The Hall–Kier alpha value is -3.54. The summed E-state index contributed by atoms with van der Waals surface area (Å²) in [6.07, 6.45) is 5.88. The molecule has 47 heavy (non-hydrogen) atoms. The molecule has 3 aromatic carbocycles. The maximum absolute atomic E-state index is 13.1. The minimum atomic E-state index is -1.56. The van der Waals surface area contributed by atoms with Crippen molar-refractivity contribution in [2.75, 3.05) is 32.2 Å². The Labute approximate surface area is 296 Å². The maximum atomic E-state index is 13.1. The second kappa shape index (κ2) is 15.1. The predicted molar refractivity (Wildman–Crippen MR) is 197 cm³/mol. The van der Waals surface area contributed by atoms with Gasteiger partial charge in [-0.05, 0) is 90.5 Å². The maximum Gasteiger partial charge on any atom is 0.326 e. The van der Waals surface area contributed by atoms with E-state index in [9.17, 15) is 9.90 Å². The fourth-order valence-corrected chi connectivity index (χ4v) is 7.71. The van der Waals surface area contributed by atoms with E-state index >= 15 is 0 Å². The molecule has 3 unspecified atom stereocenters. The average molecular weight is 769 g/mol. The van der Waals surface area contributed by atoms with Gasteiger partial charge in [0.05, 0.1) is 23.5 Å². The van der Waals surface area contributed by atoms with Gasteiger partial charge in [0.15, 0.2) is 5.60 Å². The van der Waals surface area contributed by atoms with Gasteiger partial charge in [-0.15, -0.1) is 0 Å². The summed E-state index contributed by atoms with van der Waals surface area (Å²) >= 11 is 9.00. The van der Waals surface area contributed by atoms with Crippen LogP contribution in [0.4, 0.5) is 5.69 Å². The monoisotopic (exact) mass is 768 g/mol. The standard InChI is InChI=1S/C37H42ClIN4O4/c1-6-10-32(42(4)7-2)37(45,26-13-16-29(46-5)17-14-26)27-15-18-31-30(22-27)36(24-11-9-12-28(38)19-24)25-20-33(39)40-41-34(21-25)43(31)23-35(44)47-8-3/h7,9-19,22,25,33,36,40,45H,2,6,8,20-21,23H2,1,3-5H3/b32-10-/t25?,33-,36?,37?/m0/s1. The van der Waals surface area contributed by atoms with Crippen LogP contribution in [0.1, 0.15) is 61.3 Å². The number of benzene rings is 3. The number of nitrogens with one attached hydrogen (secondary N) is 1. The van der Waals surface area contributed by atoms with Gasteiger partial charge in [0.1, 0.15) is 18.1 Å². The number of alkyl halides is 1. The second-order valence-corrected chi connectivity index (χ2v) is 13.7. The zero-order chi connectivity index (χ0) is 33.7. The van der Waals surface area contributed by atoms with Crippen LogP contribution < -0.4 is 15.1 Å². The lowest BCUT2D eigenvalue weighted by Gasteiger charge is -2.38. The van der Waals surface area contributed by atoms with Crippen LogP contribution in [0.15, 0.2) is 96.4 Å². The summed E-state index contributed by atoms with van der Waals surface area (Å²) in [5.74, 6) is 1.12. The van der Waals surface area contributed by atoms with Crippen LogP contribution >= 0.6 is 34.2 Å². The number of anilines is 1. The van der Waals surface area contributed by atoms with Crippen LogP contribution in [0.3, 0.4) is 0 Å². The highest BCUT2D eigenvalue weighted by Gasteiger charge is 2.42. The Morgan fingerprint density at radius 3 is 2.60 bits per heavy atom. The number of ether oxygens (including phenoxy) is 2. The largest absolute Gasteiger partial charge is 0.497 e. The van der Waals surface area contributed by atoms with Crippen LogP contribution in [0.25, 0.3) is 0 Å². The Bertz CT molecular complexity index is 1660. The van der Waals surface area contributed by atoms with Crippen LogP contribution in [0, 0.1) is 5.92 Å². The molecule has 0 aromatic heterocycles. The van der Waals surface area contributed by atoms with Crippen molar-refractivity contribution in [2.45, 2.75) is 48.7 Å². The Balaban J connectivity index is 1.82. The van der Waals surface area contributed by atoms with Gasteiger partial charge in [-0.1, -0.05) is 84.1 Å². The molecule has 0 saturated heterocycles. The molecule has 2 heterocycles. The van der Waals surface area contributed by atoms with E-state index in [-0.39, 0.29) is 35.0 Å². The zero-order valence-corrected chi connectivity index (χ0v) is 30.2. The Morgan fingerprint density at radius 2 is 1.94 bits per heavy atom. The number of esters is 1. The topological polar surface area (TPSA) is 86.6 Å². The predicted octanol–water partition coefficient (Wildman–Crippen LogP) is 7.54. The third-order valence-electron chi connectivity index (χ3n) is 8.87. The number of hydrogen-bond donors (Lipinski definition) is 2. The molecule has 4 atom stereocenters. The van der Waals surface area contributed by atoms with E-state index in [4.69, 9.17) is 26.2 Å². The molecule has 0 amide bonds. The Morgan fingerprint density at radius 1 is 1.19 bits per heavy atom. The quantitative estimate of drug-likeness (QED) is 0.0903. The van der Waals surface area contributed by atoms with Gasteiger partial charge in [-0.25, -0.2) is 0 Å². The highest BCUT2D eigenvalue weighted by atomic mass is 127. The number of methoxy groups -OCH3 is 1. The first-order valence-electron chi connectivity index (χ1n) is 15.9. The van der Waals surface area contributed by atoms with E-state index in [2.05, 4.69) is 46.7 Å².